The summed E-state index contributed by atoms with van der Waals surface area (Å²) in [5.41, 5.74) is 6.48. The Balaban J connectivity index is 2.04. The number of carbonyl (C=O) groups is 2. The number of aryl methyl sites for hydroxylation is 1. The van der Waals surface area contributed by atoms with E-state index in [1.165, 1.54) is 0 Å². The van der Waals surface area contributed by atoms with Crippen molar-refractivity contribution in [2.24, 2.45) is 5.73 Å². The van der Waals surface area contributed by atoms with Crippen LogP contribution >= 0.6 is 0 Å². The Bertz CT molecular complexity index is 775. The summed E-state index contributed by atoms with van der Waals surface area (Å²) in [6.45, 7) is 1.69. The van der Waals surface area contributed by atoms with Crippen molar-refractivity contribution in [2.75, 3.05) is 13.7 Å². The summed E-state index contributed by atoms with van der Waals surface area (Å²) in [4.78, 5) is 26.3. The SMILES string of the molecule is COc1ccc2oc(C)c(C(=O)N(CC(N)=O)C3CCCC3)c2c1. The van der Waals surface area contributed by atoms with Gasteiger partial charge in [-0.3, -0.25) is 9.59 Å². The number of fused-ring (bicyclic) bond motifs is 1. The lowest BCUT2D eigenvalue weighted by Gasteiger charge is -2.27. The first-order valence-corrected chi connectivity index (χ1v) is 8.17. The first kappa shape index (κ1) is 16.4. The highest BCUT2D eigenvalue weighted by atomic mass is 16.5. The highest BCUT2D eigenvalue weighted by Gasteiger charge is 2.31. The van der Waals surface area contributed by atoms with E-state index in [4.69, 9.17) is 14.9 Å². The Labute approximate surface area is 140 Å². The third kappa shape index (κ3) is 2.96. The number of hydrogen-bond acceptors (Lipinski definition) is 4. The molecule has 6 heteroatoms. The molecule has 3 rings (SSSR count). The van der Waals surface area contributed by atoms with Gasteiger partial charge >= 0.3 is 0 Å². The van der Waals surface area contributed by atoms with Crippen molar-refractivity contribution >= 4 is 22.8 Å². The molecule has 24 heavy (non-hydrogen) atoms. The summed E-state index contributed by atoms with van der Waals surface area (Å²) in [6.07, 6.45) is 3.92. The molecule has 1 aliphatic carbocycles. The first-order valence-electron chi connectivity index (χ1n) is 8.17. The molecule has 128 valence electrons. The van der Waals surface area contributed by atoms with Crippen molar-refractivity contribution in [3.63, 3.8) is 0 Å². The van der Waals surface area contributed by atoms with E-state index < -0.39 is 5.91 Å². The van der Waals surface area contributed by atoms with Gasteiger partial charge in [0.1, 0.15) is 17.1 Å². The van der Waals surface area contributed by atoms with E-state index in [-0.39, 0.29) is 18.5 Å². The molecule has 1 aromatic carbocycles. The number of methoxy groups -OCH3 is 1. The van der Waals surface area contributed by atoms with Gasteiger partial charge in [-0.15, -0.1) is 0 Å². The summed E-state index contributed by atoms with van der Waals surface area (Å²) in [7, 11) is 1.58. The molecule has 0 unspecified atom stereocenters. The minimum atomic E-state index is -0.502. The van der Waals surface area contributed by atoms with Crippen LogP contribution in [0.3, 0.4) is 0 Å². The van der Waals surface area contributed by atoms with Gasteiger partial charge in [-0.25, -0.2) is 0 Å². The van der Waals surface area contributed by atoms with Gasteiger partial charge in [0.25, 0.3) is 5.91 Å². The zero-order valence-electron chi connectivity index (χ0n) is 14.0. The average molecular weight is 330 g/mol. The third-order valence-corrected chi connectivity index (χ3v) is 4.64. The Morgan fingerprint density at radius 1 is 1.33 bits per heavy atom. The zero-order chi connectivity index (χ0) is 17.3. The monoisotopic (exact) mass is 330 g/mol. The molecule has 1 saturated carbocycles. The maximum absolute atomic E-state index is 13.2. The molecule has 0 atom stereocenters. The molecule has 1 fully saturated rings. The maximum atomic E-state index is 13.2. The van der Waals surface area contributed by atoms with E-state index in [0.717, 1.165) is 25.7 Å². The van der Waals surface area contributed by atoms with Gasteiger partial charge in [-0.1, -0.05) is 12.8 Å². The number of nitrogens with two attached hydrogens (primary N) is 1. The number of rotatable bonds is 5. The smallest absolute Gasteiger partial charge is 0.258 e. The van der Waals surface area contributed by atoms with Crippen LogP contribution in [0.2, 0.25) is 0 Å². The fraction of sp³-hybridized carbons (Fsp3) is 0.444. The summed E-state index contributed by atoms with van der Waals surface area (Å²) in [5, 5.41) is 0.698. The van der Waals surface area contributed by atoms with E-state index in [0.29, 0.717) is 28.0 Å². The van der Waals surface area contributed by atoms with Crippen LogP contribution in [0.25, 0.3) is 11.0 Å². The Kier molecular flexibility index (Phi) is 4.46. The summed E-state index contributed by atoms with van der Waals surface area (Å²) < 4.78 is 11.0. The molecule has 0 aliphatic heterocycles. The van der Waals surface area contributed by atoms with Gasteiger partial charge in [0.2, 0.25) is 5.91 Å². The summed E-state index contributed by atoms with van der Waals surface area (Å²) >= 11 is 0. The number of primary amides is 1. The molecular formula is C18H22N2O4. The number of hydrogen-bond donors (Lipinski definition) is 1. The van der Waals surface area contributed by atoms with Gasteiger partial charge < -0.3 is 19.8 Å². The lowest BCUT2D eigenvalue weighted by Crippen LogP contribution is -2.44. The van der Waals surface area contributed by atoms with Gasteiger partial charge in [-0.05, 0) is 38.0 Å². The van der Waals surface area contributed by atoms with Gasteiger partial charge in [-0.2, -0.15) is 0 Å². The maximum Gasteiger partial charge on any atom is 0.258 e. The second-order valence-electron chi connectivity index (χ2n) is 6.23. The number of amides is 2. The van der Waals surface area contributed by atoms with Crippen molar-refractivity contribution in [3.8, 4) is 5.75 Å². The van der Waals surface area contributed by atoms with Gasteiger partial charge in [0.15, 0.2) is 0 Å². The van der Waals surface area contributed by atoms with Crippen LogP contribution in [0.1, 0.15) is 41.8 Å². The number of ether oxygens (including phenoxy) is 1. The van der Waals surface area contributed by atoms with E-state index in [1.807, 2.05) is 0 Å². The van der Waals surface area contributed by atoms with Gasteiger partial charge in [0.05, 0.1) is 19.2 Å². The van der Waals surface area contributed by atoms with Gasteiger partial charge in [0, 0.05) is 11.4 Å². The minimum Gasteiger partial charge on any atom is -0.497 e. The van der Waals surface area contributed by atoms with Crippen LogP contribution in [0.4, 0.5) is 0 Å². The Hall–Kier alpha value is -2.50. The molecule has 2 aromatic rings. The predicted molar refractivity (Wildman–Crippen MR) is 90.0 cm³/mol. The molecule has 6 nitrogen and oxygen atoms in total. The van der Waals surface area contributed by atoms with E-state index in [2.05, 4.69) is 0 Å². The molecule has 0 bridgehead atoms. The molecule has 1 aliphatic rings. The lowest BCUT2D eigenvalue weighted by atomic mass is 10.1. The molecule has 2 N–H and O–H groups in total. The lowest BCUT2D eigenvalue weighted by molar-refractivity contribution is -0.119. The highest BCUT2D eigenvalue weighted by molar-refractivity contribution is 6.08. The standard InChI is InChI=1S/C18H22N2O4/c1-11-17(14-9-13(23-2)7-8-15(14)24-11)18(22)20(10-16(19)21)12-5-3-4-6-12/h7-9,12H,3-6,10H2,1-2H3,(H2,19,21). The number of furan rings is 1. The third-order valence-electron chi connectivity index (χ3n) is 4.64. The highest BCUT2D eigenvalue weighted by Crippen LogP contribution is 2.32. The van der Waals surface area contributed by atoms with Crippen LogP contribution in [0, 0.1) is 6.92 Å². The van der Waals surface area contributed by atoms with Crippen molar-refractivity contribution in [1.82, 2.24) is 4.90 Å². The summed E-state index contributed by atoms with van der Waals surface area (Å²) in [5.74, 6) is 0.485. The molecule has 0 spiro atoms. The molecule has 1 aromatic heterocycles. The van der Waals surface area contributed by atoms with E-state index >= 15 is 0 Å². The summed E-state index contributed by atoms with van der Waals surface area (Å²) in [6, 6.07) is 5.42. The van der Waals surface area contributed by atoms with Crippen molar-refractivity contribution in [2.45, 2.75) is 38.6 Å². The second kappa shape index (κ2) is 6.55. The Morgan fingerprint density at radius 2 is 2.04 bits per heavy atom. The zero-order valence-corrected chi connectivity index (χ0v) is 14.0. The average Bonchev–Trinajstić information content (AvgIpc) is 3.18. The Morgan fingerprint density at radius 3 is 2.67 bits per heavy atom. The molecule has 0 saturated heterocycles. The second-order valence-corrected chi connectivity index (χ2v) is 6.23. The molecule has 0 radical (unpaired) electrons. The van der Waals surface area contributed by atoms with Crippen molar-refractivity contribution in [3.05, 3.63) is 29.5 Å². The first-order chi connectivity index (χ1) is 11.5. The van der Waals surface area contributed by atoms with Crippen molar-refractivity contribution < 1.29 is 18.7 Å². The normalized spacial score (nSPS) is 14.9. The number of carbonyl (C=O) groups excluding carboxylic acids is 2. The number of nitrogens with zero attached hydrogens (tertiary/aromatic N) is 1. The minimum absolute atomic E-state index is 0.0555. The quantitative estimate of drug-likeness (QED) is 0.913. The fourth-order valence-electron chi connectivity index (χ4n) is 3.49. The largest absolute Gasteiger partial charge is 0.497 e. The van der Waals surface area contributed by atoms with E-state index in [9.17, 15) is 9.59 Å². The van der Waals surface area contributed by atoms with E-state index in [1.54, 1.807) is 37.1 Å². The van der Waals surface area contributed by atoms with Crippen LogP contribution in [0.15, 0.2) is 22.6 Å². The predicted octanol–water partition coefficient (Wildman–Crippen LogP) is 2.62. The van der Waals surface area contributed by atoms with Crippen LogP contribution in [-0.2, 0) is 4.79 Å². The van der Waals surface area contributed by atoms with Crippen LogP contribution in [0.5, 0.6) is 5.75 Å². The topological polar surface area (TPSA) is 85.8 Å². The number of benzene rings is 1. The van der Waals surface area contributed by atoms with Crippen LogP contribution < -0.4 is 10.5 Å². The fourth-order valence-corrected chi connectivity index (χ4v) is 3.49. The van der Waals surface area contributed by atoms with Crippen LogP contribution in [-0.4, -0.2) is 36.4 Å². The molecular weight excluding hydrogens is 308 g/mol. The molecule has 2 amide bonds. The molecule has 1 heterocycles. The van der Waals surface area contributed by atoms with Crippen molar-refractivity contribution in [1.29, 1.82) is 0 Å².